The summed E-state index contributed by atoms with van der Waals surface area (Å²) >= 11 is 0. The van der Waals surface area contributed by atoms with Crippen molar-refractivity contribution in [1.29, 1.82) is 0 Å². The summed E-state index contributed by atoms with van der Waals surface area (Å²) in [5.74, 6) is 2.17. The second-order valence-corrected chi connectivity index (χ2v) is 7.69. The highest BCUT2D eigenvalue weighted by molar-refractivity contribution is 5.88. The summed E-state index contributed by atoms with van der Waals surface area (Å²) in [7, 11) is 0. The van der Waals surface area contributed by atoms with E-state index in [1.165, 1.54) is 0 Å². The number of carbonyl (C=O) groups is 1. The Morgan fingerprint density at radius 2 is 1.90 bits per heavy atom. The maximum absolute atomic E-state index is 11.8. The zero-order valence-corrected chi connectivity index (χ0v) is 17.4. The van der Waals surface area contributed by atoms with E-state index in [1.807, 2.05) is 46.1 Å². The first kappa shape index (κ1) is 19.4. The third-order valence-corrected chi connectivity index (χ3v) is 5.72. The molecule has 1 aliphatic heterocycles. The normalized spacial score (nSPS) is 16.1. The molecule has 0 radical (unpaired) electrons. The molecule has 1 aromatic carbocycles. The number of amides is 1. The Bertz CT molecular complexity index is 999. The van der Waals surface area contributed by atoms with Crippen molar-refractivity contribution in [3.8, 4) is 5.69 Å². The van der Waals surface area contributed by atoms with E-state index in [0.717, 1.165) is 60.8 Å². The van der Waals surface area contributed by atoms with E-state index in [2.05, 4.69) is 23.8 Å². The molecule has 1 unspecified atom stereocenters. The van der Waals surface area contributed by atoms with Crippen LogP contribution in [0.3, 0.4) is 0 Å². The first-order valence-corrected chi connectivity index (χ1v) is 10.4. The summed E-state index contributed by atoms with van der Waals surface area (Å²) in [4.78, 5) is 25.9. The van der Waals surface area contributed by atoms with Gasteiger partial charge in [-0.05, 0) is 25.0 Å². The third-order valence-electron chi connectivity index (χ3n) is 5.72. The zero-order valence-electron chi connectivity index (χ0n) is 17.4. The number of nitrogens with zero attached hydrogens (tertiary/aromatic N) is 6. The van der Waals surface area contributed by atoms with Gasteiger partial charge in [0.1, 0.15) is 11.6 Å². The quantitative estimate of drug-likeness (QED) is 0.681. The molecule has 0 saturated carbocycles. The SMILES string of the molecule is CCC(C)c1nc(N2CCCN(C(C)=O)CC2)c2cnn(-c3ccccc3)c2n1. The van der Waals surface area contributed by atoms with Crippen molar-refractivity contribution in [2.75, 3.05) is 31.1 Å². The monoisotopic (exact) mass is 392 g/mol. The van der Waals surface area contributed by atoms with Crippen LogP contribution >= 0.6 is 0 Å². The Kier molecular flexibility index (Phi) is 5.47. The molecule has 1 atom stereocenters. The predicted octanol–water partition coefficient (Wildman–Crippen LogP) is 3.39. The summed E-state index contributed by atoms with van der Waals surface area (Å²) in [5, 5.41) is 5.59. The van der Waals surface area contributed by atoms with E-state index in [9.17, 15) is 4.79 Å². The smallest absolute Gasteiger partial charge is 0.219 e. The van der Waals surface area contributed by atoms with Crippen molar-refractivity contribution >= 4 is 22.8 Å². The third kappa shape index (κ3) is 3.81. The second-order valence-electron chi connectivity index (χ2n) is 7.69. The predicted molar refractivity (Wildman–Crippen MR) is 114 cm³/mol. The first-order chi connectivity index (χ1) is 14.1. The molecule has 2 aromatic heterocycles. The largest absolute Gasteiger partial charge is 0.354 e. The van der Waals surface area contributed by atoms with Crippen LogP contribution in [0.2, 0.25) is 0 Å². The van der Waals surface area contributed by atoms with Crippen molar-refractivity contribution in [3.63, 3.8) is 0 Å². The van der Waals surface area contributed by atoms with Gasteiger partial charge in [-0.15, -0.1) is 0 Å². The highest BCUT2D eigenvalue weighted by Crippen LogP contribution is 2.29. The van der Waals surface area contributed by atoms with Crippen LogP contribution in [0.4, 0.5) is 5.82 Å². The minimum absolute atomic E-state index is 0.136. The van der Waals surface area contributed by atoms with Gasteiger partial charge in [0.05, 0.1) is 17.3 Å². The maximum atomic E-state index is 11.8. The average Bonchev–Trinajstić information content (AvgIpc) is 3.01. The zero-order chi connectivity index (χ0) is 20.4. The molecule has 3 heterocycles. The molecule has 1 fully saturated rings. The van der Waals surface area contributed by atoms with Crippen molar-refractivity contribution in [2.24, 2.45) is 0 Å². The number of aromatic nitrogens is 4. The van der Waals surface area contributed by atoms with Gasteiger partial charge in [0, 0.05) is 39.0 Å². The fourth-order valence-corrected chi connectivity index (χ4v) is 3.76. The fraction of sp³-hybridized carbons (Fsp3) is 0.455. The Hall–Kier alpha value is -2.96. The number of para-hydroxylation sites is 1. The van der Waals surface area contributed by atoms with Crippen LogP contribution in [0.5, 0.6) is 0 Å². The van der Waals surface area contributed by atoms with Crippen molar-refractivity contribution in [3.05, 3.63) is 42.4 Å². The molecule has 7 heteroatoms. The molecular formula is C22H28N6O. The van der Waals surface area contributed by atoms with Gasteiger partial charge in [0.2, 0.25) is 5.91 Å². The van der Waals surface area contributed by atoms with Crippen LogP contribution in [0.15, 0.2) is 36.5 Å². The number of carbonyl (C=O) groups excluding carboxylic acids is 1. The summed E-state index contributed by atoms with van der Waals surface area (Å²) in [6.07, 6.45) is 3.77. The van der Waals surface area contributed by atoms with Gasteiger partial charge in [-0.1, -0.05) is 32.0 Å². The number of benzene rings is 1. The molecule has 7 nitrogen and oxygen atoms in total. The summed E-state index contributed by atoms with van der Waals surface area (Å²) in [6, 6.07) is 10.1. The van der Waals surface area contributed by atoms with Crippen LogP contribution < -0.4 is 4.90 Å². The van der Waals surface area contributed by atoms with Gasteiger partial charge in [0.15, 0.2) is 5.65 Å². The van der Waals surface area contributed by atoms with Crippen LogP contribution in [0.25, 0.3) is 16.7 Å². The molecule has 1 aliphatic rings. The fourth-order valence-electron chi connectivity index (χ4n) is 3.76. The lowest BCUT2D eigenvalue weighted by Gasteiger charge is -2.24. The van der Waals surface area contributed by atoms with Crippen molar-refractivity contribution < 1.29 is 4.79 Å². The van der Waals surface area contributed by atoms with Gasteiger partial charge in [-0.3, -0.25) is 4.79 Å². The highest BCUT2D eigenvalue weighted by Gasteiger charge is 2.23. The number of fused-ring (bicyclic) bond motifs is 1. The van der Waals surface area contributed by atoms with Crippen LogP contribution in [-0.2, 0) is 4.79 Å². The Labute approximate surface area is 171 Å². The van der Waals surface area contributed by atoms with Gasteiger partial charge in [-0.2, -0.15) is 5.10 Å². The van der Waals surface area contributed by atoms with Crippen molar-refractivity contribution in [2.45, 2.75) is 39.5 Å². The van der Waals surface area contributed by atoms with Gasteiger partial charge < -0.3 is 9.80 Å². The maximum Gasteiger partial charge on any atom is 0.219 e. The number of anilines is 1. The number of rotatable bonds is 4. The van der Waals surface area contributed by atoms with Crippen molar-refractivity contribution in [1.82, 2.24) is 24.6 Å². The van der Waals surface area contributed by atoms with E-state index >= 15 is 0 Å². The summed E-state index contributed by atoms with van der Waals surface area (Å²) in [6.45, 7) is 9.10. The topological polar surface area (TPSA) is 67.2 Å². The first-order valence-electron chi connectivity index (χ1n) is 10.4. The van der Waals surface area contributed by atoms with E-state index in [1.54, 1.807) is 6.92 Å². The minimum Gasteiger partial charge on any atom is -0.354 e. The van der Waals surface area contributed by atoms with Crippen LogP contribution in [-0.4, -0.2) is 56.7 Å². The second kappa shape index (κ2) is 8.19. The Balaban J connectivity index is 1.80. The van der Waals surface area contributed by atoms with E-state index in [4.69, 9.17) is 9.97 Å². The summed E-state index contributed by atoms with van der Waals surface area (Å²) in [5.41, 5.74) is 1.82. The molecule has 0 N–H and O–H groups in total. The van der Waals surface area contributed by atoms with E-state index in [0.29, 0.717) is 6.54 Å². The average molecular weight is 393 g/mol. The van der Waals surface area contributed by atoms with Crippen LogP contribution in [0.1, 0.15) is 45.4 Å². The van der Waals surface area contributed by atoms with Gasteiger partial charge in [0.25, 0.3) is 0 Å². The lowest BCUT2D eigenvalue weighted by molar-refractivity contribution is -0.128. The molecule has 0 spiro atoms. The van der Waals surface area contributed by atoms with E-state index < -0.39 is 0 Å². The standard InChI is InChI=1S/C22H28N6O/c1-4-16(2)20-24-21(27-12-8-11-26(13-14-27)17(3)29)19-15-23-28(22(19)25-20)18-9-6-5-7-10-18/h5-7,9-10,15-16H,4,8,11-14H2,1-3H3. The molecule has 1 amide bonds. The molecule has 0 aliphatic carbocycles. The van der Waals surface area contributed by atoms with Gasteiger partial charge in [-0.25, -0.2) is 14.6 Å². The number of hydrogen-bond donors (Lipinski definition) is 0. The molecule has 0 bridgehead atoms. The van der Waals surface area contributed by atoms with Crippen LogP contribution in [0, 0.1) is 0 Å². The lowest BCUT2D eigenvalue weighted by Crippen LogP contribution is -2.34. The molecule has 29 heavy (non-hydrogen) atoms. The molecular weight excluding hydrogens is 364 g/mol. The van der Waals surface area contributed by atoms with E-state index in [-0.39, 0.29) is 11.8 Å². The van der Waals surface area contributed by atoms with Gasteiger partial charge >= 0.3 is 0 Å². The summed E-state index contributed by atoms with van der Waals surface area (Å²) < 4.78 is 1.89. The Morgan fingerprint density at radius 3 is 2.62 bits per heavy atom. The number of hydrogen-bond acceptors (Lipinski definition) is 5. The molecule has 4 rings (SSSR count). The Morgan fingerprint density at radius 1 is 1.10 bits per heavy atom. The lowest BCUT2D eigenvalue weighted by atomic mass is 10.1. The molecule has 3 aromatic rings. The molecule has 152 valence electrons. The molecule has 1 saturated heterocycles. The highest BCUT2D eigenvalue weighted by atomic mass is 16.2. The minimum atomic E-state index is 0.136.